The molecule has 6 heteroatoms. The second kappa shape index (κ2) is 6.93. The van der Waals surface area contributed by atoms with Crippen molar-refractivity contribution < 1.29 is 18.7 Å². The van der Waals surface area contributed by atoms with Crippen LogP contribution < -0.4 is 0 Å². The van der Waals surface area contributed by atoms with E-state index in [1.54, 1.807) is 0 Å². The van der Waals surface area contributed by atoms with Gasteiger partial charge in [-0.05, 0) is 32.0 Å². The maximum Gasteiger partial charge on any atom is 0.306 e. The Morgan fingerprint density at radius 3 is 2.68 bits per heavy atom. The smallest absolute Gasteiger partial charge is 0.306 e. The van der Waals surface area contributed by atoms with Crippen LogP contribution in [0.25, 0.3) is 11.1 Å². The fourth-order valence-corrected chi connectivity index (χ4v) is 2.67. The fourth-order valence-electron chi connectivity index (χ4n) is 2.67. The summed E-state index contributed by atoms with van der Waals surface area (Å²) in [5, 5.41) is 0. The lowest BCUT2D eigenvalue weighted by molar-refractivity contribution is -0.142. The molecule has 0 unspecified atom stereocenters. The zero-order chi connectivity index (χ0) is 18.0. The Kier molecular flexibility index (Phi) is 4.70. The van der Waals surface area contributed by atoms with Crippen molar-refractivity contribution in [2.75, 3.05) is 6.61 Å². The predicted molar refractivity (Wildman–Crippen MR) is 92.5 cm³/mol. The Hall–Kier alpha value is -2.89. The zero-order valence-corrected chi connectivity index (χ0v) is 14.5. The molecule has 3 rings (SSSR count). The van der Waals surface area contributed by atoms with Crippen LogP contribution in [0.5, 0.6) is 0 Å². The quantitative estimate of drug-likeness (QED) is 0.509. The van der Waals surface area contributed by atoms with E-state index in [9.17, 15) is 9.59 Å². The molecule has 0 atom stereocenters. The lowest BCUT2D eigenvalue weighted by atomic mass is 10.1. The molecule has 0 saturated heterocycles. The Labute approximate surface area is 145 Å². The van der Waals surface area contributed by atoms with Crippen LogP contribution in [0.2, 0.25) is 0 Å². The van der Waals surface area contributed by atoms with E-state index in [-0.39, 0.29) is 18.8 Å². The minimum atomic E-state index is -0.444. The monoisotopic (exact) mass is 340 g/mol. The van der Waals surface area contributed by atoms with Crippen LogP contribution in [0.15, 0.2) is 34.7 Å². The number of ether oxygens (including phenoxy) is 1. The first kappa shape index (κ1) is 17.0. The zero-order valence-electron chi connectivity index (χ0n) is 14.5. The molecule has 2 heterocycles. The first-order valence-electron chi connectivity index (χ1n) is 8.12. The lowest BCUT2D eigenvalue weighted by Gasteiger charge is -2.04. The number of hydrogen-bond donors (Lipinski definition) is 0. The van der Waals surface area contributed by atoms with E-state index in [1.807, 2.05) is 55.8 Å². The molecule has 0 saturated carbocycles. The topological polar surface area (TPSA) is 74.3 Å². The molecule has 3 aromatic rings. The first-order valence-corrected chi connectivity index (χ1v) is 8.12. The van der Waals surface area contributed by atoms with Gasteiger partial charge in [0, 0.05) is 30.4 Å². The number of aromatic nitrogens is 2. The molecule has 0 bridgehead atoms. The van der Waals surface area contributed by atoms with Gasteiger partial charge in [-0.3, -0.25) is 9.59 Å². The van der Waals surface area contributed by atoms with Crippen molar-refractivity contribution in [3.8, 4) is 0 Å². The number of benzene rings is 1. The van der Waals surface area contributed by atoms with E-state index < -0.39 is 5.97 Å². The van der Waals surface area contributed by atoms with Crippen molar-refractivity contribution in [3.05, 3.63) is 53.2 Å². The van der Waals surface area contributed by atoms with Crippen molar-refractivity contribution in [1.82, 2.24) is 9.55 Å². The summed E-state index contributed by atoms with van der Waals surface area (Å²) >= 11 is 0. The summed E-state index contributed by atoms with van der Waals surface area (Å²) in [4.78, 5) is 28.4. The van der Waals surface area contributed by atoms with Gasteiger partial charge in [-0.2, -0.15) is 0 Å². The van der Waals surface area contributed by atoms with Crippen LogP contribution in [-0.2, 0) is 23.0 Å². The minimum Gasteiger partial charge on any atom is -0.457 e. The summed E-state index contributed by atoms with van der Waals surface area (Å²) in [6.07, 6.45) is 0.456. The highest BCUT2D eigenvalue weighted by molar-refractivity contribution is 5.99. The number of aryl methyl sites for hydroxylation is 2. The molecule has 6 nitrogen and oxygen atoms in total. The Morgan fingerprint density at radius 2 is 2.00 bits per heavy atom. The molecule has 25 heavy (non-hydrogen) atoms. The van der Waals surface area contributed by atoms with Gasteiger partial charge in [-0.1, -0.05) is 12.1 Å². The molecule has 0 aliphatic carbocycles. The van der Waals surface area contributed by atoms with Gasteiger partial charge >= 0.3 is 5.97 Å². The van der Waals surface area contributed by atoms with E-state index in [1.165, 1.54) is 0 Å². The van der Waals surface area contributed by atoms with Gasteiger partial charge < -0.3 is 13.7 Å². The minimum absolute atomic E-state index is 0.118. The molecule has 0 fully saturated rings. The molecule has 2 aromatic heterocycles. The molecular weight excluding hydrogens is 320 g/mol. The summed E-state index contributed by atoms with van der Waals surface area (Å²) in [6.45, 7) is 3.54. The third-order valence-electron chi connectivity index (χ3n) is 4.32. The number of carbonyl (C=O) groups is 2. The largest absolute Gasteiger partial charge is 0.457 e. The van der Waals surface area contributed by atoms with Gasteiger partial charge in [0.25, 0.3) is 0 Å². The summed E-state index contributed by atoms with van der Waals surface area (Å²) in [5.74, 6) is -0.156. The molecule has 130 valence electrons. The van der Waals surface area contributed by atoms with Gasteiger partial charge in [-0.15, -0.1) is 0 Å². The average Bonchev–Trinajstić information content (AvgIpc) is 3.14. The van der Waals surface area contributed by atoms with Crippen LogP contribution in [0.3, 0.4) is 0 Å². The highest BCUT2D eigenvalue weighted by Crippen LogP contribution is 2.16. The van der Waals surface area contributed by atoms with Gasteiger partial charge in [0.15, 0.2) is 18.1 Å². The van der Waals surface area contributed by atoms with Crippen LogP contribution in [0, 0.1) is 13.8 Å². The van der Waals surface area contributed by atoms with Gasteiger partial charge in [0.05, 0.1) is 6.42 Å². The number of Topliss-reactive ketones (excluding diaryl/α,β-unsaturated/α-hetero) is 1. The summed E-state index contributed by atoms with van der Waals surface area (Å²) < 4.78 is 12.6. The molecule has 0 N–H and O–H groups in total. The average molecular weight is 340 g/mol. The molecule has 1 aromatic carbocycles. The molecule has 0 amide bonds. The summed E-state index contributed by atoms with van der Waals surface area (Å²) in [7, 11) is 1.90. The number of esters is 1. The van der Waals surface area contributed by atoms with E-state index in [0.717, 1.165) is 16.9 Å². The first-order chi connectivity index (χ1) is 12.0. The molecule has 0 spiro atoms. The Bertz CT molecular complexity index is 903. The number of hydrogen-bond acceptors (Lipinski definition) is 5. The van der Waals surface area contributed by atoms with Gasteiger partial charge in [0.2, 0.25) is 5.78 Å². The Balaban J connectivity index is 1.52. The number of fused-ring (bicyclic) bond motifs is 1. The number of nitrogens with zero attached hydrogens (tertiary/aromatic N) is 2. The number of carbonyl (C=O) groups excluding carboxylic acids is 2. The van der Waals surface area contributed by atoms with Crippen molar-refractivity contribution in [3.63, 3.8) is 0 Å². The predicted octanol–water partition coefficient (Wildman–Crippen LogP) is 3.14. The molecular formula is C19H20N2O4. The third kappa shape index (κ3) is 3.63. The highest BCUT2D eigenvalue weighted by atomic mass is 16.5. The Morgan fingerprint density at radius 1 is 1.24 bits per heavy atom. The van der Waals surface area contributed by atoms with Gasteiger partial charge in [-0.25, -0.2) is 4.98 Å². The van der Waals surface area contributed by atoms with Crippen LogP contribution in [0.4, 0.5) is 0 Å². The maximum atomic E-state index is 12.2. The highest BCUT2D eigenvalue weighted by Gasteiger charge is 2.16. The lowest BCUT2D eigenvalue weighted by Crippen LogP contribution is -2.15. The van der Waals surface area contributed by atoms with E-state index >= 15 is 0 Å². The molecule has 0 radical (unpaired) electrons. The third-order valence-corrected chi connectivity index (χ3v) is 4.32. The molecule has 0 aliphatic rings. The normalized spacial score (nSPS) is 11.0. The summed E-state index contributed by atoms with van der Waals surface area (Å²) in [6, 6.07) is 9.23. The number of oxazole rings is 1. The molecule has 0 aliphatic heterocycles. The second-order valence-electron chi connectivity index (χ2n) is 6.00. The van der Waals surface area contributed by atoms with Crippen LogP contribution in [0.1, 0.15) is 34.1 Å². The van der Waals surface area contributed by atoms with Crippen LogP contribution >= 0.6 is 0 Å². The van der Waals surface area contributed by atoms with Crippen molar-refractivity contribution in [2.45, 2.75) is 26.7 Å². The van der Waals surface area contributed by atoms with E-state index in [0.29, 0.717) is 23.5 Å². The van der Waals surface area contributed by atoms with Crippen molar-refractivity contribution in [1.29, 1.82) is 0 Å². The van der Waals surface area contributed by atoms with Crippen molar-refractivity contribution >= 4 is 22.9 Å². The van der Waals surface area contributed by atoms with Gasteiger partial charge in [0.1, 0.15) is 5.52 Å². The number of rotatable bonds is 6. The number of ketones is 1. The standard InChI is InChI=1S/C19H20N2O4/c1-12-10-14(13(2)21(12)3)16(22)11-24-19(23)9-8-18-20-15-6-4-5-7-17(15)25-18/h4-7,10H,8-9,11H2,1-3H3. The SMILES string of the molecule is Cc1cc(C(=O)COC(=O)CCc2nc3ccccc3o2)c(C)n1C. The van der Waals surface area contributed by atoms with Crippen molar-refractivity contribution in [2.24, 2.45) is 7.05 Å². The number of para-hydroxylation sites is 2. The fraction of sp³-hybridized carbons (Fsp3) is 0.316. The maximum absolute atomic E-state index is 12.2. The van der Waals surface area contributed by atoms with E-state index in [2.05, 4.69) is 4.98 Å². The summed E-state index contributed by atoms with van der Waals surface area (Å²) in [5.41, 5.74) is 3.90. The van der Waals surface area contributed by atoms with Crippen LogP contribution in [-0.4, -0.2) is 27.9 Å². The van der Waals surface area contributed by atoms with E-state index in [4.69, 9.17) is 9.15 Å². The second-order valence-corrected chi connectivity index (χ2v) is 6.00.